The molecular formula is C21H18O3S. The largest absolute Gasteiger partial charge is 0.493 e. The van der Waals surface area contributed by atoms with Crippen molar-refractivity contribution < 1.29 is 14.3 Å². The van der Waals surface area contributed by atoms with Crippen LogP contribution in [0.3, 0.4) is 0 Å². The fourth-order valence-electron chi connectivity index (χ4n) is 2.57. The molecule has 0 bridgehead atoms. The van der Waals surface area contributed by atoms with Gasteiger partial charge in [-0.3, -0.25) is 4.79 Å². The maximum atomic E-state index is 12.3. The van der Waals surface area contributed by atoms with Gasteiger partial charge in [0, 0.05) is 16.0 Å². The van der Waals surface area contributed by atoms with Gasteiger partial charge in [-0.05, 0) is 35.2 Å². The van der Waals surface area contributed by atoms with Crippen LogP contribution in [0.5, 0.6) is 11.5 Å². The molecule has 3 rings (SSSR count). The Morgan fingerprint density at radius 3 is 2.44 bits per heavy atom. The molecule has 0 atom stereocenters. The summed E-state index contributed by atoms with van der Waals surface area (Å²) in [4.78, 5) is 13.4. The second kappa shape index (κ2) is 7.81. The molecule has 0 unspecified atom stereocenters. The first-order valence-electron chi connectivity index (χ1n) is 7.80. The molecule has 1 heterocycles. The van der Waals surface area contributed by atoms with Crippen LogP contribution in [0.25, 0.3) is 16.5 Å². The Labute approximate surface area is 151 Å². The quantitative estimate of drug-likeness (QED) is 0.445. The van der Waals surface area contributed by atoms with Crippen LogP contribution in [-0.4, -0.2) is 20.0 Å². The smallest absolute Gasteiger partial charge is 0.185 e. The van der Waals surface area contributed by atoms with Gasteiger partial charge in [-0.1, -0.05) is 42.5 Å². The number of hydrogen-bond acceptors (Lipinski definition) is 4. The third kappa shape index (κ3) is 3.80. The first kappa shape index (κ1) is 17.0. The summed E-state index contributed by atoms with van der Waals surface area (Å²) in [7, 11) is 3.24. The normalized spacial score (nSPS) is 10.8. The van der Waals surface area contributed by atoms with E-state index in [0.29, 0.717) is 17.1 Å². The fourth-order valence-corrected chi connectivity index (χ4v) is 3.31. The van der Waals surface area contributed by atoms with Gasteiger partial charge in [-0.15, -0.1) is 11.3 Å². The topological polar surface area (TPSA) is 35.5 Å². The maximum absolute atomic E-state index is 12.3. The van der Waals surface area contributed by atoms with Gasteiger partial charge in [0.1, 0.15) is 0 Å². The molecule has 0 amide bonds. The molecule has 126 valence electrons. The molecule has 0 saturated carbocycles. The Morgan fingerprint density at radius 1 is 1.00 bits per heavy atom. The molecule has 0 saturated heterocycles. The highest BCUT2D eigenvalue weighted by Crippen LogP contribution is 2.41. The van der Waals surface area contributed by atoms with Crippen LogP contribution < -0.4 is 9.47 Å². The van der Waals surface area contributed by atoms with Crippen LogP contribution in [0.4, 0.5) is 0 Å². The zero-order valence-corrected chi connectivity index (χ0v) is 14.9. The van der Waals surface area contributed by atoms with Gasteiger partial charge < -0.3 is 9.47 Å². The molecule has 0 aliphatic heterocycles. The predicted octanol–water partition coefficient (Wildman–Crippen LogP) is 5.33. The second-order valence-electron chi connectivity index (χ2n) is 5.34. The van der Waals surface area contributed by atoms with Crippen molar-refractivity contribution in [3.8, 4) is 21.9 Å². The summed E-state index contributed by atoms with van der Waals surface area (Å²) in [5, 5.41) is 2.02. The van der Waals surface area contributed by atoms with Gasteiger partial charge in [-0.25, -0.2) is 0 Å². The van der Waals surface area contributed by atoms with Gasteiger partial charge in [0.15, 0.2) is 17.3 Å². The van der Waals surface area contributed by atoms with E-state index in [4.69, 9.17) is 9.47 Å². The van der Waals surface area contributed by atoms with Gasteiger partial charge in [0.25, 0.3) is 0 Å². The Morgan fingerprint density at radius 2 is 1.80 bits per heavy atom. The highest BCUT2D eigenvalue weighted by Gasteiger charge is 2.14. The lowest BCUT2D eigenvalue weighted by molar-refractivity contribution is 0.104. The van der Waals surface area contributed by atoms with Crippen molar-refractivity contribution in [3.63, 3.8) is 0 Å². The minimum absolute atomic E-state index is 0.0342. The molecule has 0 N–H and O–H groups in total. The number of methoxy groups -OCH3 is 2. The standard InChI is InChI=1S/C21H18O3S/c1-23-19-14-15(10-11-18(22)16-7-4-3-5-8-16)13-17(21(19)24-2)20-9-6-12-25-20/h3-14H,1-2H3. The van der Waals surface area contributed by atoms with Gasteiger partial charge in [0.05, 0.1) is 14.2 Å². The van der Waals surface area contributed by atoms with E-state index in [0.717, 1.165) is 16.0 Å². The Kier molecular flexibility index (Phi) is 5.31. The number of thiophene rings is 1. The molecule has 0 aliphatic carbocycles. The lowest BCUT2D eigenvalue weighted by atomic mass is 10.0. The van der Waals surface area contributed by atoms with E-state index in [-0.39, 0.29) is 5.78 Å². The number of rotatable bonds is 6. The molecule has 3 aromatic rings. The average molecular weight is 350 g/mol. The Bertz CT molecular complexity index is 881. The van der Waals surface area contributed by atoms with E-state index >= 15 is 0 Å². The number of benzene rings is 2. The molecular weight excluding hydrogens is 332 g/mol. The number of hydrogen-bond donors (Lipinski definition) is 0. The summed E-state index contributed by atoms with van der Waals surface area (Å²) in [5.74, 6) is 1.30. The van der Waals surface area contributed by atoms with Crippen molar-refractivity contribution in [2.24, 2.45) is 0 Å². The van der Waals surface area contributed by atoms with Crippen LogP contribution in [0, 0.1) is 0 Å². The van der Waals surface area contributed by atoms with Crippen LogP contribution in [0.1, 0.15) is 15.9 Å². The molecule has 0 fully saturated rings. The summed E-state index contributed by atoms with van der Waals surface area (Å²) in [5.41, 5.74) is 2.49. The van der Waals surface area contributed by atoms with Crippen molar-refractivity contribution in [2.45, 2.75) is 0 Å². The first-order chi connectivity index (χ1) is 12.2. The number of carbonyl (C=O) groups excluding carboxylic acids is 1. The molecule has 0 radical (unpaired) electrons. The molecule has 1 aromatic heterocycles. The SMILES string of the molecule is COc1cc(C=CC(=O)c2ccccc2)cc(-c2cccs2)c1OC. The number of ketones is 1. The van der Waals surface area contributed by atoms with E-state index in [9.17, 15) is 4.79 Å². The summed E-state index contributed by atoms with van der Waals surface area (Å²) in [6.45, 7) is 0. The van der Waals surface area contributed by atoms with E-state index in [1.165, 1.54) is 0 Å². The van der Waals surface area contributed by atoms with Gasteiger partial charge >= 0.3 is 0 Å². The molecule has 4 heteroatoms. The first-order valence-corrected chi connectivity index (χ1v) is 8.68. The monoisotopic (exact) mass is 350 g/mol. The highest BCUT2D eigenvalue weighted by molar-refractivity contribution is 7.13. The predicted molar refractivity (Wildman–Crippen MR) is 103 cm³/mol. The molecule has 3 nitrogen and oxygen atoms in total. The maximum Gasteiger partial charge on any atom is 0.185 e. The average Bonchev–Trinajstić information content (AvgIpc) is 3.20. The highest BCUT2D eigenvalue weighted by atomic mass is 32.1. The van der Waals surface area contributed by atoms with Crippen molar-refractivity contribution in [3.05, 3.63) is 77.2 Å². The Hall–Kier alpha value is -2.85. The third-order valence-corrected chi connectivity index (χ3v) is 4.68. The van der Waals surface area contributed by atoms with E-state index in [2.05, 4.69) is 0 Å². The fraction of sp³-hybridized carbons (Fsp3) is 0.0952. The van der Waals surface area contributed by atoms with Crippen LogP contribution in [0.2, 0.25) is 0 Å². The summed E-state index contributed by atoms with van der Waals surface area (Å²) in [6, 6.07) is 17.1. The molecule has 0 spiro atoms. The lowest BCUT2D eigenvalue weighted by Crippen LogP contribution is -1.95. The zero-order chi connectivity index (χ0) is 17.6. The van der Waals surface area contributed by atoms with Gasteiger partial charge in [0.2, 0.25) is 0 Å². The van der Waals surface area contributed by atoms with Crippen LogP contribution >= 0.6 is 11.3 Å². The molecule has 2 aromatic carbocycles. The Balaban J connectivity index is 1.98. The van der Waals surface area contributed by atoms with E-state index < -0.39 is 0 Å². The summed E-state index contributed by atoms with van der Waals surface area (Å²) >= 11 is 1.63. The van der Waals surface area contributed by atoms with Crippen LogP contribution in [-0.2, 0) is 0 Å². The van der Waals surface area contributed by atoms with Crippen molar-refractivity contribution in [1.82, 2.24) is 0 Å². The minimum atomic E-state index is -0.0342. The molecule has 0 aliphatic rings. The summed E-state index contributed by atoms with van der Waals surface area (Å²) < 4.78 is 11.0. The van der Waals surface area contributed by atoms with Crippen LogP contribution in [0.15, 0.2) is 66.1 Å². The summed E-state index contributed by atoms with van der Waals surface area (Å²) in [6.07, 6.45) is 3.38. The number of ether oxygens (including phenoxy) is 2. The van der Waals surface area contributed by atoms with E-state index in [1.54, 1.807) is 49.8 Å². The minimum Gasteiger partial charge on any atom is -0.493 e. The van der Waals surface area contributed by atoms with Crippen molar-refractivity contribution in [2.75, 3.05) is 14.2 Å². The number of carbonyl (C=O) groups is 1. The van der Waals surface area contributed by atoms with Crippen molar-refractivity contribution in [1.29, 1.82) is 0 Å². The van der Waals surface area contributed by atoms with E-state index in [1.807, 2.05) is 47.8 Å². The van der Waals surface area contributed by atoms with Gasteiger partial charge in [-0.2, -0.15) is 0 Å². The molecule has 25 heavy (non-hydrogen) atoms. The third-order valence-electron chi connectivity index (χ3n) is 3.77. The number of allylic oxidation sites excluding steroid dienone is 1. The zero-order valence-electron chi connectivity index (χ0n) is 14.1. The second-order valence-corrected chi connectivity index (χ2v) is 6.29. The lowest BCUT2D eigenvalue weighted by Gasteiger charge is -2.13. The van der Waals surface area contributed by atoms with Crippen molar-refractivity contribution >= 4 is 23.2 Å².